The molecule has 0 saturated carbocycles. The zero-order valence-corrected chi connectivity index (χ0v) is 13.2. The summed E-state index contributed by atoms with van der Waals surface area (Å²) >= 11 is 0. The minimum atomic E-state index is -0.439. The van der Waals surface area contributed by atoms with Gasteiger partial charge in [0, 0.05) is 31.8 Å². The quantitative estimate of drug-likeness (QED) is 0.787. The Morgan fingerprint density at radius 1 is 1.26 bits per heavy atom. The zero-order chi connectivity index (χ0) is 16.7. The van der Waals surface area contributed by atoms with Gasteiger partial charge in [-0.3, -0.25) is 9.59 Å². The van der Waals surface area contributed by atoms with Gasteiger partial charge >= 0.3 is 0 Å². The largest absolute Gasteiger partial charge is 0.355 e. The Labute approximate surface area is 134 Å². The minimum Gasteiger partial charge on any atom is -0.355 e. The summed E-state index contributed by atoms with van der Waals surface area (Å²) < 4.78 is 5.16. The molecule has 2 N–H and O–H groups in total. The lowest BCUT2D eigenvalue weighted by Crippen LogP contribution is -2.40. The molecule has 0 spiro atoms. The first-order valence-electron chi connectivity index (χ1n) is 7.30. The van der Waals surface area contributed by atoms with Crippen LogP contribution in [0.1, 0.15) is 10.5 Å². The number of nitrogens with one attached hydrogen (secondary N) is 2. The molecule has 2 rings (SSSR count). The van der Waals surface area contributed by atoms with Gasteiger partial charge in [0.1, 0.15) is 0 Å². The SMILES string of the molecule is CNCCN(C)C(=O)CNC(=O)c1cc(-c2ccccc2)on1. The van der Waals surface area contributed by atoms with Crippen LogP contribution in [0.5, 0.6) is 0 Å². The molecule has 2 aromatic rings. The second kappa shape index (κ2) is 8.09. The van der Waals surface area contributed by atoms with E-state index in [1.807, 2.05) is 37.4 Å². The number of carbonyl (C=O) groups excluding carboxylic acids is 2. The van der Waals surface area contributed by atoms with Crippen molar-refractivity contribution in [2.75, 3.05) is 33.7 Å². The van der Waals surface area contributed by atoms with Crippen molar-refractivity contribution in [3.05, 3.63) is 42.1 Å². The molecule has 7 heteroatoms. The predicted molar refractivity (Wildman–Crippen MR) is 85.8 cm³/mol. The Morgan fingerprint density at radius 3 is 2.70 bits per heavy atom. The fourth-order valence-corrected chi connectivity index (χ4v) is 1.91. The molecule has 0 aliphatic carbocycles. The Balaban J connectivity index is 1.89. The highest BCUT2D eigenvalue weighted by Gasteiger charge is 2.15. The first kappa shape index (κ1) is 16.7. The van der Waals surface area contributed by atoms with E-state index in [2.05, 4.69) is 15.8 Å². The third-order valence-electron chi connectivity index (χ3n) is 3.32. The number of hydrogen-bond donors (Lipinski definition) is 2. The molecule has 1 aromatic carbocycles. The summed E-state index contributed by atoms with van der Waals surface area (Å²) in [5.41, 5.74) is 0.983. The van der Waals surface area contributed by atoms with Crippen LogP contribution in [0.4, 0.5) is 0 Å². The van der Waals surface area contributed by atoms with Crippen molar-refractivity contribution in [1.82, 2.24) is 20.7 Å². The molecule has 0 fully saturated rings. The van der Waals surface area contributed by atoms with E-state index >= 15 is 0 Å². The second-order valence-electron chi connectivity index (χ2n) is 5.04. The Morgan fingerprint density at radius 2 is 2.00 bits per heavy atom. The van der Waals surface area contributed by atoms with Crippen LogP contribution in [-0.2, 0) is 4.79 Å². The summed E-state index contributed by atoms with van der Waals surface area (Å²) in [7, 11) is 3.50. The van der Waals surface area contributed by atoms with Gasteiger partial charge in [-0.25, -0.2) is 0 Å². The average molecular weight is 316 g/mol. The van der Waals surface area contributed by atoms with Gasteiger partial charge in [-0.05, 0) is 7.05 Å². The maximum Gasteiger partial charge on any atom is 0.273 e. The molecule has 0 atom stereocenters. The van der Waals surface area contributed by atoms with Gasteiger partial charge in [-0.2, -0.15) is 0 Å². The molecule has 23 heavy (non-hydrogen) atoms. The third-order valence-corrected chi connectivity index (χ3v) is 3.32. The van der Waals surface area contributed by atoms with E-state index in [9.17, 15) is 9.59 Å². The lowest BCUT2D eigenvalue weighted by atomic mass is 10.1. The van der Waals surface area contributed by atoms with Crippen LogP contribution in [-0.4, -0.2) is 55.6 Å². The number of aromatic nitrogens is 1. The van der Waals surface area contributed by atoms with Gasteiger partial charge in [0.25, 0.3) is 5.91 Å². The third kappa shape index (κ3) is 4.65. The highest BCUT2D eigenvalue weighted by Crippen LogP contribution is 2.19. The zero-order valence-electron chi connectivity index (χ0n) is 13.2. The number of benzene rings is 1. The molecule has 0 aliphatic heterocycles. The van der Waals surface area contributed by atoms with Crippen LogP contribution in [0.3, 0.4) is 0 Å². The fraction of sp³-hybridized carbons (Fsp3) is 0.312. The molecular weight excluding hydrogens is 296 g/mol. The molecule has 0 unspecified atom stereocenters. The molecular formula is C16H20N4O3. The maximum atomic E-state index is 12.0. The second-order valence-corrected chi connectivity index (χ2v) is 5.04. The van der Waals surface area contributed by atoms with Gasteiger partial charge in [-0.15, -0.1) is 0 Å². The molecule has 7 nitrogen and oxygen atoms in total. The number of likely N-dealkylation sites (N-methyl/N-ethyl adjacent to an activating group) is 2. The van der Waals surface area contributed by atoms with Crippen LogP contribution < -0.4 is 10.6 Å². The van der Waals surface area contributed by atoms with Crippen molar-refractivity contribution < 1.29 is 14.1 Å². The minimum absolute atomic E-state index is 0.0768. The van der Waals surface area contributed by atoms with Crippen LogP contribution >= 0.6 is 0 Å². The number of hydrogen-bond acceptors (Lipinski definition) is 5. The number of nitrogens with zero attached hydrogens (tertiary/aromatic N) is 2. The van der Waals surface area contributed by atoms with Crippen molar-refractivity contribution in [3.63, 3.8) is 0 Å². The first-order chi connectivity index (χ1) is 11.1. The molecule has 0 saturated heterocycles. The number of carbonyl (C=O) groups is 2. The van der Waals surface area contributed by atoms with Crippen molar-refractivity contribution in [1.29, 1.82) is 0 Å². The lowest BCUT2D eigenvalue weighted by Gasteiger charge is -2.16. The van der Waals surface area contributed by atoms with Crippen LogP contribution in [0.15, 0.2) is 40.9 Å². The molecule has 1 aromatic heterocycles. The van der Waals surface area contributed by atoms with E-state index in [-0.39, 0.29) is 18.1 Å². The van der Waals surface area contributed by atoms with Crippen molar-refractivity contribution >= 4 is 11.8 Å². The standard InChI is InChI=1S/C16H20N4O3/c1-17-8-9-20(2)15(21)11-18-16(22)13-10-14(23-19-13)12-6-4-3-5-7-12/h3-7,10,17H,8-9,11H2,1-2H3,(H,18,22). The average Bonchev–Trinajstić information content (AvgIpc) is 3.08. The van der Waals surface area contributed by atoms with Gasteiger partial charge in [-0.1, -0.05) is 35.5 Å². The summed E-state index contributed by atoms with van der Waals surface area (Å²) in [5, 5.41) is 9.25. The number of rotatable bonds is 7. The summed E-state index contributed by atoms with van der Waals surface area (Å²) in [6.45, 7) is 1.19. The maximum absolute atomic E-state index is 12.0. The highest BCUT2D eigenvalue weighted by atomic mass is 16.5. The van der Waals surface area contributed by atoms with E-state index in [4.69, 9.17) is 4.52 Å². The topological polar surface area (TPSA) is 87.5 Å². The lowest BCUT2D eigenvalue weighted by molar-refractivity contribution is -0.128. The summed E-state index contributed by atoms with van der Waals surface area (Å²) in [5.74, 6) is -0.0973. The van der Waals surface area contributed by atoms with Crippen molar-refractivity contribution in [2.45, 2.75) is 0 Å². The molecule has 2 amide bonds. The monoisotopic (exact) mass is 316 g/mol. The predicted octanol–water partition coefficient (Wildman–Crippen LogP) is 0.749. The van der Waals surface area contributed by atoms with Crippen LogP contribution in [0, 0.1) is 0 Å². The van der Waals surface area contributed by atoms with E-state index < -0.39 is 5.91 Å². The Bertz CT molecular complexity index is 654. The Hall–Kier alpha value is -2.67. The van der Waals surface area contributed by atoms with Gasteiger partial charge < -0.3 is 20.1 Å². The van der Waals surface area contributed by atoms with E-state index in [0.29, 0.717) is 18.8 Å². The van der Waals surface area contributed by atoms with Crippen molar-refractivity contribution in [2.24, 2.45) is 0 Å². The molecule has 0 radical (unpaired) electrons. The van der Waals surface area contributed by atoms with Crippen LogP contribution in [0.25, 0.3) is 11.3 Å². The molecule has 0 aliphatic rings. The summed E-state index contributed by atoms with van der Waals surface area (Å²) in [6.07, 6.45) is 0. The van der Waals surface area contributed by atoms with E-state index in [0.717, 1.165) is 5.56 Å². The van der Waals surface area contributed by atoms with Crippen molar-refractivity contribution in [3.8, 4) is 11.3 Å². The Kier molecular flexibility index (Phi) is 5.87. The molecule has 0 bridgehead atoms. The molecule has 1 heterocycles. The van der Waals surface area contributed by atoms with Gasteiger partial charge in [0.2, 0.25) is 5.91 Å². The van der Waals surface area contributed by atoms with E-state index in [1.165, 1.54) is 0 Å². The van der Waals surface area contributed by atoms with E-state index in [1.54, 1.807) is 18.0 Å². The van der Waals surface area contributed by atoms with Gasteiger partial charge in [0.15, 0.2) is 11.5 Å². The summed E-state index contributed by atoms with van der Waals surface area (Å²) in [4.78, 5) is 25.4. The first-order valence-corrected chi connectivity index (χ1v) is 7.30. The van der Waals surface area contributed by atoms with Crippen LogP contribution in [0.2, 0.25) is 0 Å². The summed E-state index contributed by atoms with van der Waals surface area (Å²) in [6, 6.07) is 10.9. The smallest absolute Gasteiger partial charge is 0.273 e. The fourth-order valence-electron chi connectivity index (χ4n) is 1.91. The number of amides is 2. The van der Waals surface area contributed by atoms with Gasteiger partial charge in [0.05, 0.1) is 6.54 Å². The molecule has 122 valence electrons. The normalized spacial score (nSPS) is 10.3. The highest BCUT2D eigenvalue weighted by molar-refractivity contribution is 5.95.